The fraction of sp³-hybridized carbons (Fsp3) is 0.182. The smallest absolute Gasteiger partial charge is 0.114 e. The first-order chi connectivity index (χ1) is 6.83. The van der Waals surface area contributed by atoms with E-state index in [4.69, 9.17) is 0 Å². The van der Waals surface area contributed by atoms with Gasteiger partial charge in [0.1, 0.15) is 5.52 Å². The molecule has 0 spiro atoms. The first-order valence-electron chi connectivity index (χ1n) is 4.52. The summed E-state index contributed by atoms with van der Waals surface area (Å²) in [5.74, 6) is 0. The monoisotopic (exact) mass is 185 g/mol. The average molecular weight is 185 g/mol. The molecule has 0 aliphatic heterocycles. The van der Waals surface area contributed by atoms with Gasteiger partial charge in [-0.3, -0.25) is 15.0 Å². The van der Waals surface area contributed by atoms with E-state index in [9.17, 15) is 0 Å². The molecule has 1 aromatic carbocycles. The normalized spacial score (nSPS) is 11.3. The second-order valence-electron chi connectivity index (χ2n) is 3.04. The maximum atomic E-state index is 4.31. The van der Waals surface area contributed by atoms with Crippen molar-refractivity contribution in [2.24, 2.45) is 4.99 Å². The summed E-state index contributed by atoms with van der Waals surface area (Å²) in [5.41, 5.74) is 3.79. The minimum absolute atomic E-state index is 0.866. The first kappa shape index (κ1) is 8.81. The minimum Gasteiger partial charge on any atom is -0.259 e. The van der Waals surface area contributed by atoms with Crippen molar-refractivity contribution in [1.29, 1.82) is 0 Å². The lowest BCUT2D eigenvalue weighted by atomic mass is 10.1. The van der Waals surface area contributed by atoms with Crippen molar-refractivity contribution in [1.82, 2.24) is 9.97 Å². The number of fused-ring (bicyclic) bond motifs is 1. The van der Waals surface area contributed by atoms with Crippen molar-refractivity contribution in [2.75, 3.05) is 0 Å². The van der Waals surface area contributed by atoms with Crippen molar-refractivity contribution in [3.05, 3.63) is 30.1 Å². The molecule has 0 bridgehead atoms. The third-order valence-electron chi connectivity index (χ3n) is 2.07. The number of benzene rings is 1. The molecule has 0 fully saturated rings. The molecule has 0 amide bonds. The molecule has 14 heavy (non-hydrogen) atoms. The van der Waals surface area contributed by atoms with Crippen molar-refractivity contribution in [3.63, 3.8) is 0 Å². The fourth-order valence-corrected chi connectivity index (χ4v) is 1.41. The number of nitrogens with zero attached hydrogens (tertiary/aromatic N) is 3. The van der Waals surface area contributed by atoms with Crippen LogP contribution in [0.15, 0.2) is 29.5 Å². The van der Waals surface area contributed by atoms with Gasteiger partial charge in [0.25, 0.3) is 0 Å². The van der Waals surface area contributed by atoms with E-state index in [-0.39, 0.29) is 0 Å². The molecule has 0 saturated carbocycles. The second-order valence-corrected chi connectivity index (χ2v) is 3.04. The highest BCUT2D eigenvalue weighted by Crippen LogP contribution is 2.26. The highest BCUT2D eigenvalue weighted by atomic mass is 14.8. The third kappa shape index (κ3) is 1.37. The van der Waals surface area contributed by atoms with Crippen molar-refractivity contribution in [3.8, 4) is 0 Å². The lowest BCUT2D eigenvalue weighted by molar-refractivity contribution is 1.27. The Morgan fingerprint density at radius 2 is 2.00 bits per heavy atom. The number of aromatic nitrogens is 2. The quantitative estimate of drug-likeness (QED) is 0.640. The second kappa shape index (κ2) is 3.54. The Morgan fingerprint density at radius 1 is 1.21 bits per heavy atom. The zero-order valence-electron chi connectivity index (χ0n) is 8.23. The minimum atomic E-state index is 0.866. The van der Waals surface area contributed by atoms with Gasteiger partial charge in [-0.1, -0.05) is 6.07 Å². The van der Waals surface area contributed by atoms with Crippen LogP contribution >= 0.6 is 0 Å². The zero-order chi connectivity index (χ0) is 9.97. The topological polar surface area (TPSA) is 38.1 Å². The average Bonchev–Trinajstić information content (AvgIpc) is 2.23. The van der Waals surface area contributed by atoms with Crippen LogP contribution in [0.4, 0.5) is 5.69 Å². The van der Waals surface area contributed by atoms with Gasteiger partial charge in [0.05, 0.1) is 11.2 Å². The zero-order valence-corrected chi connectivity index (χ0v) is 8.23. The first-order valence-corrected chi connectivity index (χ1v) is 4.52. The number of hydrogen-bond donors (Lipinski definition) is 0. The molecule has 3 nitrogen and oxygen atoms in total. The van der Waals surface area contributed by atoms with E-state index in [1.807, 2.05) is 26.0 Å². The van der Waals surface area contributed by atoms with Gasteiger partial charge >= 0.3 is 0 Å². The Balaban J connectivity index is 2.82. The predicted octanol–water partition coefficient (Wildman–Crippen LogP) is 2.66. The molecule has 1 heterocycles. The van der Waals surface area contributed by atoms with Crippen LogP contribution in [-0.4, -0.2) is 16.2 Å². The summed E-state index contributed by atoms with van der Waals surface area (Å²) in [4.78, 5) is 12.8. The molecule has 0 aliphatic carbocycles. The van der Waals surface area contributed by atoms with E-state index >= 15 is 0 Å². The molecule has 70 valence electrons. The maximum Gasteiger partial charge on any atom is 0.114 e. The Morgan fingerprint density at radius 3 is 2.79 bits per heavy atom. The molecule has 3 heteroatoms. The Bertz CT molecular complexity index is 489. The third-order valence-corrected chi connectivity index (χ3v) is 2.07. The van der Waals surface area contributed by atoms with E-state index in [0.717, 1.165) is 22.3 Å². The number of hydrogen-bond acceptors (Lipinski definition) is 3. The molecule has 0 atom stereocenters. The number of aryl methyl sites for hydroxylation is 1. The largest absolute Gasteiger partial charge is 0.259 e. The Kier molecular flexibility index (Phi) is 2.23. The maximum absolute atomic E-state index is 4.31. The molecule has 0 aliphatic rings. The molecule has 0 unspecified atom stereocenters. The summed E-state index contributed by atoms with van der Waals surface area (Å²) < 4.78 is 0. The fourth-order valence-electron chi connectivity index (χ4n) is 1.41. The summed E-state index contributed by atoms with van der Waals surface area (Å²) in [7, 11) is 0. The summed E-state index contributed by atoms with van der Waals surface area (Å²) in [5, 5.41) is 0. The van der Waals surface area contributed by atoms with Crippen molar-refractivity contribution < 1.29 is 0 Å². The molecular weight excluding hydrogens is 174 g/mol. The molecular formula is C11H11N3. The molecule has 0 saturated heterocycles. The van der Waals surface area contributed by atoms with E-state index in [0.29, 0.717) is 0 Å². The van der Waals surface area contributed by atoms with Gasteiger partial charge in [0.15, 0.2) is 0 Å². The van der Waals surface area contributed by atoms with Gasteiger partial charge in [-0.15, -0.1) is 0 Å². The standard InChI is InChI=1S/C11H11N3/c1-3-12-10-8(2)4-5-9-11(10)14-7-6-13-9/h3-7H,1-2H3/b12-3-. The van der Waals surface area contributed by atoms with Gasteiger partial charge < -0.3 is 0 Å². The lowest BCUT2D eigenvalue weighted by Gasteiger charge is -2.02. The molecule has 0 radical (unpaired) electrons. The van der Waals surface area contributed by atoms with Gasteiger partial charge in [0.2, 0.25) is 0 Å². The van der Waals surface area contributed by atoms with Crippen LogP contribution < -0.4 is 0 Å². The number of aliphatic imine (C=N–C) groups is 1. The van der Waals surface area contributed by atoms with Gasteiger partial charge in [0, 0.05) is 18.6 Å². The lowest BCUT2D eigenvalue weighted by Crippen LogP contribution is -1.85. The van der Waals surface area contributed by atoms with Crippen LogP contribution in [0.25, 0.3) is 11.0 Å². The number of rotatable bonds is 1. The van der Waals surface area contributed by atoms with Gasteiger partial charge in [-0.25, -0.2) is 0 Å². The molecule has 0 N–H and O–H groups in total. The van der Waals surface area contributed by atoms with E-state index in [1.54, 1.807) is 18.6 Å². The van der Waals surface area contributed by atoms with E-state index in [2.05, 4.69) is 15.0 Å². The van der Waals surface area contributed by atoms with E-state index < -0.39 is 0 Å². The van der Waals surface area contributed by atoms with Crippen molar-refractivity contribution >= 4 is 22.9 Å². The van der Waals surface area contributed by atoms with Gasteiger partial charge in [-0.05, 0) is 25.5 Å². The SMILES string of the molecule is C/C=N\c1c(C)ccc2nccnc12. The van der Waals surface area contributed by atoms with Crippen molar-refractivity contribution in [2.45, 2.75) is 13.8 Å². The van der Waals surface area contributed by atoms with Crippen LogP contribution in [0, 0.1) is 6.92 Å². The van der Waals surface area contributed by atoms with Crippen LogP contribution in [0.5, 0.6) is 0 Å². The summed E-state index contributed by atoms with van der Waals surface area (Å²) >= 11 is 0. The molecule has 1 aromatic heterocycles. The van der Waals surface area contributed by atoms with Crippen LogP contribution in [0.3, 0.4) is 0 Å². The summed E-state index contributed by atoms with van der Waals surface area (Å²) in [6.45, 7) is 3.92. The van der Waals surface area contributed by atoms with Crippen LogP contribution in [-0.2, 0) is 0 Å². The molecule has 2 rings (SSSR count). The Hall–Kier alpha value is -1.77. The predicted molar refractivity (Wildman–Crippen MR) is 58.1 cm³/mol. The van der Waals surface area contributed by atoms with Crippen LogP contribution in [0.1, 0.15) is 12.5 Å². The summed E-state index contributed by atoms with van der Waals surface area (Å²) in [6.07, 6.45) is 5.16. The molecule has 2 aromatic rings. The highest BCUT2D eigenvalue weighted by molar-refractivity contribution is 5.89. The van der Waals surface area contributed by atoms with E-state index in [1.165, 1.54) is 0 Å². The highest BCUT2D eigenvalue weighted by Gasteiger charge is 2.03. The Labute approximate surface area is 82.5 Å². The van der Waals surface area contributed by atoms with Crippen LogP contribution in [0.2, 0.25) is 0 Å². The van der Waals surface area contributed by atoms with Gasteiger partial charge in [-0.2, -0.15) is 0 Å². The summed E-state index contributed by atoms with van der Waals surface area (Å²) in [6, 6.07) is 3.98.